The first-order chi connectivity index (χ1) is 10.5. The molecule has 122 valence electrons. The number of hydrogen-bond donors (Lipinski definition) is 0. The van der Waals surface area contributed by atoms with Crippen molar-refractivity contribution in [2.45, 2.75) is 46.6 Å². The van der Waals surface area contributed by atoms with Crippen LogP contribution in [0.2, 0.25) is 0 Å². The Kier molecular flexibility index (Phi) is 6.01. The van der Waals surface area contributed by atoms with Crippen LogP contribution in [0.5, 0.6) is 0 Å². The lowest BCUT2D eigenvalue weighted by molar-refractivity contribution is -0.145. The van der Waals surface area contributed by atoms with E-state index in [-0.39, 0.29) is 11.9 Å². The highest BCUT2D eigenvalue weighted by Gasteiger charge is 2.24. The molecule has 22 heavy (non-hydrogen) atoms. The fourth-order valence-corrected chi connectivity index (χ4v) is 3.44. The molecule has 0 aliphatic carbocycles. The quantitative estimate of drug-likeness (QED) is 0.777. The Morgan fingerprint density at radius 2 is 2.14 bits per heavy atom. The van der Waals surface area contributed by atoms with Gasteiger partial charge in [-0.2, -0.15) is 0 Å². The van der Waals surface area contributed by atoms with E-state index in [9.17, 15) is 4.79 Å². The van der Waals surface area contributed by atoms with Crippen molar-refractivity contribution >= 4 is 5.97 Å². The molecule has 0 radical (unpaired) electrons. The van der Waals surface area contributed by atoms with Crippen molar-refractivity contribution in [3.05, 3.63) is 34.9 Å². The molecule has 1 aliphatic heterocycles. The molecule has 2 unspecified atom stereocenters. The zero-order valence-electron chi connectivity index (χ0n) is 14.4. The van der Waals surface area contributed by atoms with E-state index in [4.69, 9.17) is 4.74 Å². The average molecular weight is 303 g/mol. The molecule has 1 aliphatic rings. The van der Waals surface area contributed by atoms with Gasteiger partial charge in [0, 0.05) is 13.1 Å². The summed E-state index contributed by atoms with van der Waals surface area (Å²) < 4.78 is 4.85. The summed E-state index contributed by atoms with van der Waals surface area (Å²) in [5, 5.41) is 0. The standard InChI is InChI=1S/C19H29NO2/c1-14-7-8-18(10-15(14)2)13-20-9-5-6-17(12-20)11-16(3)19(21)22-4/h7-8,10,16-17H,5-6,9,11-13H2,1-4H3. The Balaban J connectivity index is 1.90. The summed E-state index contributed by atoms with van der Waals surface area (Å²) in [4.78, 5) is 14.1. The van der Waals surface area contributed by atoms with Crippen LogP contribution in [0.15, 0.2) is 18.2 Å². The van der Waals surface area contributed by atoms with E-state index >= 15 is 0 Å². The van der Waals surface area contributed by atoms with Crippen LogP contribution in [0.3, 0.4) is 0 Å². The van der Waals surface area contributed by atoms with Crippen LogP contribution in [-0.2, 0) is 16.1 Å². The lowest BCUT2D eigenvalue weighted by Gasteiger charge is -2.33. The summed E-state index contributed by atoms with van der Waals surface area (Å²) >= 11 is 0. The monoisotopic (exact) mass is 303 g/mol. The minimum atomic E-state index is -0.0775. The number of likely N-dealkylation sites (tertiary alicyclic amines) is 1. The highest BCUT2D eigenvalue weighted by molar-refractivity contribution is 5.71. The molecule has 2 rings (SSSR count). The van der Waals surface area contributed by atoms with Gasteiger partial charge in [-0.25, -0.2) is 0 Å². The van der Waals surface area contributed by atoms with Crippen molar-refractivity contribution in [2.24, 2.45) is 11.8 Å². The summed E-state index contributed by atoms with van der Waals surface area (Å²) in [6, 6.07) is 6.75. The van der Waals surface area contributed by atoms with Crippen LogP contribution < -0.4 is 0 Å². The van der Waals surface area contributed by atoms with Gasteiger partial charge in [-0.3, -0.25) is 9.69 Å². The maximum Gasteiger partial charge on any atom is 0.308 e. The number of aryl methyl sites for hydroxylation is 2. The van der Waals surface area contributed by atoms with E-state index < -0.39 is 0 Å². The summed E-state index contributed by atoms with van der Waals surface area (Å²) in [5.41, 5.74) is 4.11. The predicted octanol–water partition coefficient (Wildman–Crippen LogP) is 3.71. The number of carbonyl (C=O) groups is 1. The van der Waals surface area contributed by atoms with E-state index in [0.29, 0.717) is 5.92 Å². The molecule has 0 aromatic heterocycles. The number of hydrogen-bond acceptors (Lipinski definition) is 3. The molecule has 0 bridgehead atoms. The molecule has 0 N–H and O–H groups in total. The van der Waals surface area contributed by atoms with Crippen molar-refractivity contribution in [3.63, 3.8) is 0 Å². The summed E-state index contributed by atoms with van der Waals surface area (Å²) in [7, 11) is 1.48. The Morgan fingerprint density at radius 1 is 1.36 bits per heavy atom. The number of esters is 1. The van der Waals surface area contributed by atoms with E-state index in [0.717, 1.165) is 26.1 Å². The van der Waals surface area contributed by atoms with Crippen LogP contribution in [0, 0.1) is 25.7 Å². The number of ether oxygens (including phenoxy) is 1. The third kappa shape index (κ3) is 4.57. The summed E-state index contributed by atoms with van der Waals surface area (Å²) in [6.45, 7) is 9.59. The molecule has 0 saturated carbocycles. The number of methoxy groups -OCH3 is 1. The largest absolute Gasteiger partial charge is 0.469 e. The predicted molar refractivity (Wildman–Crippen MR) is 89.7 cm³/mol. The second-order valence-corrected chi connectivity index (χ2v) is 6.82. The van der Waals surface area contributed by atoms with Crippen molar-refractivity contribution < 1.29 is 9.53 Å². The number of nitrogens with zero attached hydrogens (tertiary/aromatic N) is 1. The highest BCUT2D eigenvalue weighted by atomic mass is 16.5. The fraction of sp³-hybridized carbons (Fsp3) is 0.632. The van der Waals surface area contributed by atoms with Gasteiger partial charge in [0.05, 0.1) is 13.0 Å². The molecule has 2 atom stereocenters. The lowest BCUT2D eigenvalue weighted by atomic mass is 9.88. The second-order valence-electron chi connectivity index (χ2n) is 6.82. The smallest absolute Gasteiger partial charge is 0.308 e. The third-order valence-electron chi connectivity index (χ3n) is 4.87. The van der Waals surface area contributed by atoms with Crippen molar-refractivity contribution in [1.29, 1.82) is 0 Å². The molecule has 1 heterocycles. The minimum Gasteiger partial charge on any atom is -0.469 e. The number of carbonyl (C=O) groups excluding carboxylic acids is 1. The van der Waals surface area contributed by atoms with Crippen LogP contribution in [-0.4, -0.2) is 31.1 Å². The van der Waals surface area contributed by atoms with E-state index in [2.05, 4.69) is 36.9 Å². The number of benzene rings is 1. The van der Waals surface area contributed by atoms with E-state index in [1.807, 2.05) is 6.92 Å². The van der Waals surface area contributed by atoms with E-state index in [1.54, 1.807) is 0 Å². The maximum atomic E-state index is 11.6. The molecule has 3 heteroatoms. The van der Waals surface area contributed by atoms with Gasteiger partial charge < -0.3 is 4.74 Å². The maximum absolute atomic E-state index is 11.6. The van der Waals surface area contributed by atoms with Gasteiger partial charge in [0.15, 0.2) is 0 Å². The molecule has 1 aromatic rings. The van der Waals surface area contributed by atoms with Crippen molar-refractivity contribution in [3.8, 4) is 0 Å². The van der Waals surface area contributed by atoms with Crippen LogP contribution in [0.1, 0.15) is 42.9 Å². The topological polar surface area (TPSA) is 29.5 Å². The molecule has 3 nitrogen and oxygen atoms in total. The minimum absolute atomic E-state index is 0.0107. The number of rotatable bonds is 5. The summed E-state index contributed by atoms with van der Waals surface area (Å²) in [6.07, 6.45) is 3.39. The van der Waals surface area contributed by atoms with Crippen LogP contribution in [0.25, 0.3) is 0 Å². The Hall–Kier alpha value is -1.35. The normalized spacial score (nSPS) is 20.6. The van der Waals surface area contributed by atoms with Gasteiger partial charge in [0.2, 0.25) is 0 Å². The first-order valence-electron chi connectivity index (χ1n) is 8.36. The summed E-state index contributed by atoms with van der Waals surface area (Å²) in [5.74, 6) is 0.539. The van der Waals surface area contributed by atoms with Gasteiger partial charge in [-0.15, -0.1) is 0 Å². The second kappa shape index (κ2) is 7.77. The molecule has 0 spiro atoms. The van der Waals surface area contributed by atoms with Crippen LogP contribution in [0.4, 0.5) is 0 Å². The first-order valence-corrected chi connectivity index (χ1v) is 8.36. The number of piperidine rings is 1. The Labute approximate surface area is 134 Å². The van der Waals surface area contributed by atoms with Gasteiger partial charge in [-0.05, 0) is 62.3 Å². The average Bonchev–Trinajstić information content (AvgIpc) is 2.50. The molecule has 0 amide bonds. The molecular weight excluding hydrogens is 274 g/mol. The van der Waals surface area contributed by atoms with Gasteiger partial charge >= 0.3 is 5.97 Å². The van der Waals surface area contributed by atoms with Crippen molar-refractivity contribution in [2.75, 3.05) is 20.2 Å². The molecular formula is C19H29NO2. The van der Waals surface area contributed by atoms with Crippen molar-refractivity contribution in [1.82, 2.24) is 4.90 Å². The van der Waals surface area contributed by atoms with Gasteiger partial charge in [0.25, 0.3) is 0 Å². The zero-order valence-corrected chi connectivity index (χ0v) is 14.4. The molecule has 1 fully saturated rings. The van der Waals surface area contributed by atoms with Gasteiger partial charge in [0.1, 0.15) is 0 Å². The van der Waals surface area contributed by atoms with Gasteiger partial charge in [-0.1, -0.05) is 25.1 Å². The molecule has 1 saturated heterocycles. The third-order valence-corrected chi connectivity index (χ3v) is 4.87. The van der Waals surface area contributed by atoms with E-state index in [1.165, 1.54) is 36.6 Å². The highest BCUT2D eigenvalue weighted by Crippen LogP contribution is 2.25. The fourth-order valence-electron chi connectivity index (χ4n) is 3.44. The Bertz CT molecular complexity index is 512. The van der Waals surface area contributed by atoms with Crippen LogP contribution >= 0.6 is 0 Å². The Morgan fingerprint density at radius 3 is 2.82 bits per heavy atom. The zero-order chi connectivity index (χ0) is 16.1. The SMILES string of the molecule is COC(=O)C(C)CC1CCCN(Cc2ccc(C)c(C)c2)C1. The first kappa shape index (κ1) is 17.0. The molecule has 1 aromatic carbocycles. The lowest BCUT2D eigenvalue weighted by Crippen LogP contribution is -2.36.